The predicted molar refractivity (Wildman–Crippen MR) is 77.7 cm³/mol. The molecule has 5 nitrogen and oxygen atoms in total. The van der Waals surface area contributed by atoms with Crippen LogP contribution in [0.25, 0.3) is 10.8 Å². The van der Waals surface area contributed by atoms with Crippen LogP contribution in [0.15, 0.2) is 39.7 Å². The lowest BCUT2D eigenvalue weighted by Gasteiger charge is -2.01. The summed E-state index contributed by atoms with van der Waals surface area (Å²) in [6.07, 6.45) is 6.01. The zero-order valence-corrected chi connectivity index (χ0v) is 12.2. The van der Waals surface area contributed by atoms with Crippen molar-refractivity contribution >= 4 is 23.1 Å². The zero-order valence-electron chi connectivity index (χ0n) is 10.6. The first-order valence-corrected chi connectivity index (χ1v) is 8.27. The molecule has 0 amide bonds. The molecule has 7 heteroatoms. The molecule has 0 spiro atoms. The molecule has 0 aromatic carbocycles. The summed E-state index contributed by atoms with van der Waals surface area (Å²) in [5.41, 5.74) is 0.934. The number of aromatic nitrogens is 4. The van der Waals surface area contributed by atoms with Crippen LogP contribution in [0.3, 0.4) is 0 Å². The van der Waals surface area contributed by atoms with Crippen molar-refractivity contribution in [2.45, 2.75) is 29.8 Å². The van der Waals surface area contributed by atoms with E-state index in [1.165, 1.54) is 12.8 Å². The summed E-state index contributed by atoms with van der Waals surface area (Å²) in [5.74, 6) is 1.44. The molecule has 3 heterocycles. The van der Waals surface area contributed by atoms with E-state index in [9.17, 15) is 0 Å². The molecule has 20 heavy (non-hydrogen) atoms. The van der Waals surface area contributed by atoms with Crippen LogP contribution >= 0.6 is 23.1 Å². The molecule has 1 saturated carbocycles. The lowest BCUT2D eigenvalue weighted by Crippen LogP contribution is -1.94. The fourth-order valence-corrected chi connectivity index (χ4v) is 3.48. The van der Waals surface area contributed by atoms with Crippen molar-refractivity contribution in [1.29, 1.82) is 0 Å². The van der Waals surface area contributed by atoms with Crippen molar-refractivity contribution in [2.75, 3.05) is 0 Å². The van der Waals surface area contributed by atoms with Crippen molar-refractivity contribution in [3.05, 3.63) is 35.8 Å². The van der Waals surface area contributed by atoms with Gasteiger partial charge in [-0.05, 0) is 24.3 Å². The number of thiophene rings is 1. The molecular weight excluding hydrogens is 292 g/mol. The Bertz CT molecular complexity index is 700. The van der Waals surface area contributed by atoms with Crippen molar-refractivity contribution in [3.8, 4) is 10.8 Å². The van der Waals surface area contributed by atoms with E-state index in [0.717, 1.165) is 21.5 Å². The van der Waals surface area contributed by atoms with Crippen LogP contribution in [0.5, 0.6) is 0 Å². The molecule has 1 aliphatic rings. The minimum atomic E-state index is 0.603. The monoisotopic (exact) mass is 304 g/mol. The van der Waals surface area contributed by atoms with Gasteiger partial charge in [0.15, 0.2) is 5.16 Å². The fraction of sp³-hybridized carbons (Fsp3) is 0.308. The molecule has 0 radical (unpaired) electrons. The van der Waals surface area contributed by atoms with E-state index in [0.29, 0.717) is 11.9 Å². The Morgan fingerprint density at radius 1 is 1.45 bits per heavy atom. The van der Waals surface area contributed by atoms with E-state index >= 15 is 0 Å². The number of oxazole rings is 1. The van der Waals surface area contributed by atoms with Gasteiger partial charge < -0.3 is 8.98 Å². The van der Waals surface area contributed by atoms with E-state index in [-0.39, 0.29) is 0 Å². The van der Waals surface area contributed by atoms with Gasteiger partial charge in [0.05, 0.1) is 10.6 Å². The molecule has 0 saturated heterocycles. The van der Waals surface area contributed by atoms with E-state index in [1.54, 1.807) is 29.4 Å². The fourth-order valence-electron chi connectivity index (χ4n) is 1.96. The van der Waals surface area contributed by atoms with Crippen molar-refractivity contribution in [2.24, 2.45) is 0 Å². The Morgan fingerprint density at radius 2 is 2.40 bits per heavy atom. The minimum absolute atomic E-state index is 0.603. The van der Waals surface area contributed by atoms with Gasteiger partial charge in [-0.1, -0.05) is 17.8 Å². The molecule has 0 unspecified atom stereocenters. The molecule has 0 N–H and O–H groups in total. The maximum absolute atomic E-state index is 5.51. The van der Waals surface area contributed by atoms with Gasteiger partial charge in [-0.15, -0.1) is 21.5 Å². The summed E-state index contributed by atoms with van der Waals surface area (Å²) >= 11 is 3.29. The second-order valence-corrected chi connectivity index (χ2v) is 6.55. The van der Waals surface area contributed by atoms with Crippen molar-refractivity contribution < 1.29 is 4.42 Å². The Kier molecular flexibility index (Phi) is 3.08. The number of hydrogen-bond donors (Lipinski definition) is 0. The third-order valence-corrected chi connectivity index (χ3v) is 4.96. The molecule has 102 valence electrons. The van der Waals surface area contributed by atoms with Gasteiger partial charge in [-0.2, -0.15) is 0 Å². The molecule has 0 aliphatic heterocycles. The summed E-state index contributed by atoms with van der Waals surface area (Å²) in [6, 6.07) is 4.61. The van der Waals surface area contributed by atoms with Gasteiger partial charge in [0, 0.05) is 11.8 Å². The standard InChI is InChI=1S/C13H12N4OS2/c1-2-11(19-5-1)12-15-9(6-18-12)7-20-13-16-14-8-17(13)10-3-4-10/h1-2,5-6,8,10H,3-4,7H2. The smallest absolute Gasteiger partial charge is 0.236 e. The predicted octanol–water partition coefficient (Wildman–Crippen LogP) is 3.62. The molecule has 1 fully saturated rings. The van der Waals surface area contributed by atoms with Crippen LogP contribution in [0, 0.1) is 0 Å². The zero-order chi connectivity index (χ0) is 13.4. The highest BCUT2D eigenvalue weighted by Crippen LogP contribution is 2.37. The molecule has 1 aliphatic carbocycles. The van der Waals surface area contributed by atoms with Gasteiger partial charge in [0.25, 0.3) is 0 Å². The summed E-state index contributed by atoms with van der Waals surface area (Å²) in [7, 11) is 0. The van der Waals surface area contributed by atoms with Crippen molar-refractivity contribution in [1.82, 2.24) is 19.7 Å². The molecule has 0 atom stereocenters. The summed E-state index contributed by atoms with van der Waals surface area (Å²) < 4.78 is 7.67. The van der Waals surface area contributed by atoms with Crippen LogP contribution in [-0.2, 0) is 5.75 Å². The lowest BCUT2D eigenvalue weighted by molar-refractivity contribution is 0.575. The second-order valence-electron chi connectivity index (χ2n) is 4.66. The highest BCUT2D eigenvalue weighted by Gasteiger charge is 2.26. The van der Waals surface area contributed by atoms with E-state index in [4.69, 9.17) is 4.42 Å². The van der Waals surface area contributed by atoms with Crippen LogP contribution in [0.4, 0.5) is 0 Å². The van der Waals surface area contributed by atoms with Crippen LogP contribution in [-0.4, -0.2) is 19.7 Å². The van der Waals surface area contributed by atoms with Crippen LogP contribution in [0.1, 0.15) is 24.6 Å². The first-order chi connectivity index (χ1) is 9.90. The quantitative estimate of drug-likeness (QED) is 0.674. The first-order valence-electron chi connectivity index (χ1n) is 6.41. The summed E-state index contributed by atoms with van der Waals surface area (Å²) in [4.78, 5) is 5.57. The average molecular weight is 304 g/mol. The highest BCUT2D eigenvalue weighted by molar-refractivity contribution is 7.98. The number of hydrogen-bond acceptors (Lipinski definition) is 6. The Morgan fingerprint density at radius 3 is 3.20 bits per heavy atom. The topological polar surface area (TPSA) is 56.7 Å². The van der Waals surface area contributed by atoms with Gasteiger partial charge >= 0.3 is 0 Å². The molecular formula is C13H12N4OS2. The molecule has 3 aromatic rings. The molecule has 3 aromatic heterocycles. The van der Waals surface area contributed by atoms with Gasteiger partial charge in [0.1, 0.15) is 12.6 Å². The van der Waals surface area contributed by atoms with E-state index < -0.39 is 0 Å². The van der Waals surface area contributed by atoms with E-state index in [2.05, 4.69) is 19.7 Å². The van der Waals surface area contributed by atoms with Gasteiger partial charge in [0.2, 0.25) is 5.89 Å². The van der Waals surface area contributed by atoms with Crippen molar-refractivity contribution in [3.63, 3.8) is 0 Å². The van der Waals surface area contributed by atoms with Gasteiger partial charge in [-0.25, -0.2) is 4.98 Å². The Balaban J connectivity index is 1.45. The minimum Gasteiger partial charge on any atom is -0.444 e. The molecule has 4 rings (SSSR count). The second kappa shape index (κ2) is 5.06. The van der Waals surface area contributed by atoms with Crippen LogP contribution in [0.2, 0.25) is 0 Å². The number of rotatable bonds is 5. The summed E-state index contributed by atoms with van der Waals surface area (Å²) in [6.45, 7) is 0. The average Bonchev–Trinajstić information content (AvgIpc) is 2.93. The normalized spacial score (nSPS) is 14.8. The van der Waals surface area contributed by atoms with E-state index in [1.807, 2.05) is 23.8 Å². The number of thioether (sulfide) groups is 1. The Hall–Kier alpha value is -1.60. The highest BCUT2D eigenvalue weighted by atomic mass is 32.2. The maximum Gasteiger partial charge on any atom is 0.236 e. The first kappa shape index (κ1) is 12.2. The Labute approximate surface area is 124 Å². The molecule has 0 bridgehead atoms. The summed E-state index contributed by atoms with van der Waals surface area (Å²) in [5, 5.41) is 11.1. The lowest BCUT2D eigenvalue weighted by atomic mass is 10.5. The third kappa shape index (κ3) is 2.38. The third-order valence-electron chi connectivity index (χ3n) is 3.11. The number of nitrogens with zero attached hydrogens (tertiary/aromatic N) is 4. The van der Waals surface area contributed by atoms with Crippen LogP contribution < -0.4 is 0 Å². The largest absolute Gasteiger partial charge is 0.444 e. The maximum atomic E-state index is 5.51. The SMILES string of the molecule is c1csc(-c2nc(CSc3nncn3C3CC3)co2)c1. The van der Waals surface area contributed by atoms with Gasteiger partial charge in [-0.3, -0.25) is 0 Å².